The van der Waals surface area contributed by atoms with E-state index in [1.54, 1.807) is 28.0 Å². The zero-order chi connectivity index (χ0) is 18.3. The molecule has 4 nitrogen and oxygen atoms in total. The lowest BCUT2D eigenvalue weighted by Gasteiger charge is -2.19. The summed E-state index contributed by atoms with van der Waals surface area (Å²) in [4.78, 5) is 21.5. The largest absolute Gasteiger partial charge is 0.333 e. The predicted octanol–water partition coefficient (Wildman–Crippen LogP) is 2.48. The summed E-state index contributed by atoms with van der Waals surface area (Å²) in [6.07, 6.45) is 0.934. The molecule has 0 saturated heterocycles. The van der Waals surface area contributed by atoms with Crippen LogP contribution in [0, 0.1) is 5.82 Å². The molecule has 2 aromatic heterocycles. The molecular weight excluding hydrogens is 369 g/mol. The number of fused-ring (bicyclic) bond motifs is 3. The molecule has 7 heteroatoms. The third-order valence-electron chi connectivity index (χ3n) is 4.85. The Morgan fingerprint density at radius 1 is 1.38 bits per heavy atom. The van der Waals surface area contributed by atoms with Crippen molar-refractivity contribution in [2.24, 2.45) is 0 Å². The summed E-state index contributed by atoms with van der Waals surface area (Å²) in [5, 5.41) is 1.47. The second kappa shape index (κ2) is 7.13. The molecule has 0 saturated carbocycles. The van der Waals surface area contributed by atoms with E-state index in [4.69, 9.17) is 4.98 Å². The average Bonchev–Trinajstić information content (AvgIpc) is 2.98. The number of aromatic nitrogens is 2. The first-order chi connectivity index (χ1) is 12.6. The maximum Gasteiger partial charge on any atom is 0.263 e. The molecule has 0 amide bonds. The van der Waals surface area contributed by atoms with E-state index in [9.17, 15) is 9.18 Å². The molecule has 1 aromatic carbocycles. The number of thiophene rings is 1. The van der Waals surface area contributed by atoms with Gasteiger partial charge in [0, 0.05) is 18.7 Å². The van der Waals surface area contributed by atoms with Crippen LogP contribution in [0.15, 0.2) is 34.2 Å². The predicted molar refractivity (Wildman–Crippen MR) is 105 cm³/mol. The van der Waals surface area contributed by atoms with Gasteiger partial charge >= 0.3 is 0 Å². The molecule has 0 spiro atoms. The average molecular weight is 391 g/mol. The highest BCUT2D eigenvalue weighted by Gasteiger charge is 2.25. The van der Waals surface area contributed by atoms with Crippen molar-refractivity contribution in [1.82, 2.24) is 9.55 Å². The van der Waals surface area contributed by atoms with Crippen molar-refractivity contribution in [3.63, 3.8) is 0 Å². The van der Waals surface area contributed by atoms with E-state index in [0.29, 0.717) is 23.0 Å². The van der Waals surface area contributed by atoms with Gasteiger partial charge in [0.15, 0.2) is 5.16 Å². The molecular formula is C19H21FN3OS2+. The first-order valence-corrected chi connectivity index (χ1v) is 10.6. The molecule has 136 valence electrons. The van der Waals surface area contributed by atoms with Crippen LogP contribution in [0.25, 0.3) is 10.2 Å². The Labute approximate surface area is 159 Å². The fraction of sp³-hybridized carbons (Fsp3) is 0.368. The molecule has 3 aromatic rings. The lowest BCUT2D eigenvalue weighted by Crippen LogP contribution is -3.08. The highest BCUT2D eigenvalue weighted by atomic mass is 32.2. The van der Waals surface area contributed by atoms with Crippen molar-refractivity contribution >= 4 is 33.3 Å². The van der Waals surface area contributed by atoms with Crippen LogP contribution in [-0.4, -0.2) is 23.1 Å². The van der Waals surface area contributed by atoms with Gasteiger partial charge in [-0.2, -0.15) is 0 Å². The summed E-state index contributed by atoms with van der Waals surface area (Å²) in [6.45, 7) is 4.53. The monoisotopic (exact) mass is 390 g/mol. The first kappa shape index (κ1) is 17.7. The van der Waals surface area contributed by atoms with Gasteiger partial charge < -0.3 is 4.90 Å². The number of hydrogen-bond donors (Lipinski definition) is 1. The number of nitrogens with one attached hydrogen (secondary N) is 1. The molecule has 1 aliphatic rings. The number of thioether (sulfide) groups is 1. The molecule has 0 aliphatic carbocycles. The summed E-state index contributed by atoms with van der Waals surface area (Å²) in [5.74, 6) is 0.242. The van der Waals surface area contributed by atoms with E-state index < -0.39 is 0 Å². The Morgan fingerprint density at radius 2 is 2.19 bits per heavy atom. The van der Waals surface area contributed by atoms with E-state index in [-0.39, 0.29) is 11.4 Å². The second-order valence-electron chi connectivity index (χ2n) is 6.64. The summed E-state index contributed by atoms with van der Waals surface area (Å²) >= 11 is 3.07. The van der Waals surface area contributed by atoms with Crippen LogP contribution in [-0.2, 0) is 25.3 Å². The lowest BCUT2D eigenvalue weighted by molar-refractivity contribution is -0.895. The Kier molecular flexibility index (Phi) is 4.86. The van der Waals surface area contributed by atoms with E-state index in [1.165, 1.54) is 33.2 Å². The lowest BCUT2D eigenvalue weighted by atomic mass is 10.1. The Balaban J connectivity index is 1.75. The van der Waals surface area contributed by atoms with Gasteiger partial charge in [0.1, 0.15) is 17.2 Å². The van der Waals surface area contributed by atoms with Crippen molar-refractivity contribution in [3.05, 3.63) is 56.4 Å². The molecule has 1 N–H and O–H groups in total. The highest BCUT2D eigenvalue weighted by Crippen LogP contribution is 2.31. The SMILES string of the molecule is CCn1c(SCc2ccccc2F)nc2sc3c(c2c1=O)CC[NH+](C)C3. The number of quaternary nitrogens is 1. The van der Waals surface area contributed by atoms with Gasteiger partial charge in [-0.05, 0) is 24.1 Å². The second-order valence-corrected chi connectivity index (χ2v) is 8.67. The first-order valence-electron chi connectivity index (χ1n) is 8.81. The number of rotatable bonds is 4. The van der Waals surface area contributed by atoms with E-state index in [0.717, 1.165) is 29.7 Å². The molecule has 0 radical (unpaired) electrons. The van der Waals surface area contributed by atoms with Crippen LogP contribution < -0.4 is 10.5 Å². The number of hydrogen-bond acceptors (Lipinski definition) is 4. The van der Waals surface area contributed by atoms with E-state index >= 15 is 0 Å². The van der Waals surface area contributed by atoms with Gasteiger partial charge in [-0.15, -0.1) is 11.3 Å². The van der Waals surface area contributed by atoms with Crippen LogP contribution in [0.2, 0.25) is 0 Å². The van der Waals surface area contributed by atoms with Gasteiger partial charge in [0.2, 0.25) is 0 Å². The van der Waals surface area contributed by atoms with E-state index in [2.05, 4.69) is 7.05 Å². The maximum absolute atomic E-state index is 13.9. The van der Waals surface area contributed by atoms with Gasteiger partial charge in [-0.25, -0.2) is 9.37 Å². The standard InChI is InChI=1S/C19H20FN3OS2/c1-3-23-18(24)16-13-8-9-22(2)10-15(13)26-17(16)21-19(23)25-11-12-6-4-5-7-14(12)20/h4-7H,3,8-11H2,1-2H3/p+1. The Morgan fingerprint density at radius 3 is 2.96 bits per heavy atom. The third-order valence-corrected chi connectivity index (χ3v) is 7.01. The molecule has 26 heavy (non-hydrogen) atoms. The number of nitrogens with zero attached hydrogens (tertiary/aromatic N) is 2. The quantitative estimate of drug-likeness (QED) is 0.550. The minimum Gasteiger partial charge on any atom is -0.333 e. The van der Waals surface area contributed by atoms with Crippen molar-refractivity contribution in [3.8, 4) is 0 Å². The summed E-state index contributed by atoms with van der Waals surface area (Å²) in [5.41, 5.74) is 1.87. The van der Waals surface area contributed by atoms with Crippen LogP contribution in [0.1, 0.15) is 22.9 Å². The van der Waals surface area contributed by atoms with Gasteiger partial charge in [0.05, 0.1) is 23.9 Å². The van der Waals surface area contributed by atoms with Crippen LogP contribution in [0.5, 0.6) is 0 Å². The fourth-order valence-corrected chi connectivity index (χ4v) is 5.85. The highest BCUT2D eigenvalue weighted by molar-refractivity contribution is 7.98. The van der Waals surface area contributed by atoms with Gasteiger partial charge in [0.25, 0.3) is 5.56 Å². The third kappa shape index (κ3) is 3.08. The van der Waals surface area contributed by atoms with Crippen molar-refractivity contribution in [2.45, 2.75) is 37.3 Å². The number of halogens is 1. The van der Waals surface area contributed by atoms with Crippen molar-refractivity contribution < 1.29 is 9.29 Å². The Bertz CT molecular complexity index is 1030. The molecule has 1 aliphatic heterocycles. The topological polar surface area (TPSA) is 39.3 Å². The molecule has 0 bridgehead atoms. The van der Waals surface area contributed by atoms with Crippen LogP contribution in [0.3, 0.4) is 0 Å². The van der Waals surface area contributed by atoms with Crippen LogP contribution >= 0.6 is 23.1 Å². The zero-order valence-electron chi connectivity index (χ0n) is 14.8. The summed E-state index contributed by atoms with van der Waals surface area (Å²) in [7, 11) is 2.18. The zero-order valence-corrected chi connectivity index (χ0v) is 16.5. The smallest absolute Gasteiger partial charge is 0.263 e. The number of benzene rings is 1. The van der Waals surface area contributed by atoms with Crippen LogP contribution in [0.4, 0.5) is 4.39 Å². The minimum absolute atomic E-state index is 0.0468. The van der Waals surface area contributed by atoms with Gasteiger partial charge in [-0.3, -0.25) is 9.36 Å². The molecule has 3 heterocycles. The number of likely N-dealkylation sites (N-methyl/N-ethyl adjacent to an activating group) is 1. The molecule has 4 rings (SSSR count). The van der Waals surface area contributed by atoms with Crippen molar-refractivity contribution in [2.75, 3.05) is 13.6 Å². The minimum atomic E-state index is -0.218. The van der Waals surface area contributed by atoms with Gasteiger partial charge in [-0.1, -0.05) is 30.0 Å². The Hall–Kier alpha value is -1.70. The summed E-state index contributed by atoms with van der Waals surface area (Å²) in [6, 6.07) is 6.75. The summed E-state index contributed by atoms with van der Waals surface area (Å²) < 4.78 is 15.6. The molecule has 1 atom stereocenters. The molecule has 0 fully saturated rings. The van der Waals surface area contributed by atoms with Crippen molar-refractivity contribution in [1.29, 1.82) is 0 Å². The van der Waals surface area contributed by atoms with E-state index in [1.807, 2.05) is 13.0 Å². The maximum atomic E-state index is 13.9. The normalized spacial score (nSPS) is 16.8. The fourth-order valence-electron chi connectivity index (χ4n) is 3.42. The molecule has 1 unspecified atom stereocenters.